The maximum absolute atomic E-state index is 13.6. The van der Waals surface area contributed by atoms with Crippen LogP contribution in [0.4, 0.5) is 8.78 Å². The third-order valence-corrected chi connectivity index (χ3v) is 4.64. The standard InChI is InChI=1S/C15H19ClF2O/c1-8-9(2)19-10(3)15(8)12(16)7-11-13(17)5-4-6-14(11)18/h4-6,8-10,12,15H,7H2,1-3H3. The van der Waals surface area contributed by atoms with Gasteiger partial charge in [0.15, 0.2) is 0 Å². The molecule has 1 fully saturated rings. The minimum atomic E-state index is -0.530. The van der Waals surface area contributed by atoms with Crippen LogP contribution in [0.25, 0.3) is 0 Å². The van der Waals surface area contributed by atoms with Crippen LogP contribution in [0.15, 0.2) is 18.2 Å². The van der Waals surface area contributed by atoms with Crippen LogP contribution in [0.1, 0.15) is 26.3 Å². The number of ether oxygens (including phenoxy) is 1. The van der Waals surface area contributed by atoms with Gasteiger partial charge in [-0.25, -0.2) is 8.78 Å². The van der Waals surface area contributed by atoms with E-state index in [1.54, 1.807) is 0 Å². The summed E-state index contributed by atoms with van der Waals surface area (Å²) in [5.41, 5.74) is 0.0708. The van der Waals surface area contributed by atoms with Crippen molar-refractivity contribution in [1.29, 1.82) is 0 Å². The SMILES string of the molecule is CC1OC(C)C(C(Cl)Cc2c(F)cccc2F)C1C. The summed E-state index contributed by atoms with van der Waals surface area (Å²) >= 11 is 6.41. The smallest absolute Gasteiger partial charge is 0.129 e. The van der Waals surface area contributed by atoms with E-state index in [1.807, 2.05) is 13.8 Å². The summed E-state index contributed by atoms with van der Waals surface area (Å²) in [6, 6.07) is 3.90. The van der Waals surface area contributed by atoms with Gasteiger partial charge in [-0.05, 0) is 38.3 Å². The van der Waals surface area contributed by atoms with Crippen LogP contribution in [0.2, 0.25) is 0 Å². The molecule has 2 rings (SSSR count). The lowest BCUT2D eigenvalue weighted by Gasteiger charge is -2.24. The second-order valence-electron chi connectivity index (χ2n) is 5.40. The molecule has 5 atom stereocenters. The van der Waals surface area contributed by atoms with Crippen LogP contribution in [0.3, 0.4) is 0 Å². The topological polar surface area (TPSA) is 9.23 Å². The Kier molecular flexibility index (Phi) is 4.46. The lowest BCUT2D eigenvalue weighted by molar-refractivity contribution is 0.0508. The van der Waals surface area contributed by atoms with Gasteiger partial charge in [-0.15, -0.1) is 11.6 Å². The van der Waals surface area contributed by atoms with Crippen LogP contribution < -0.4 is 0 Å². The van der Waals surface area contributed by atoms with Gasteiger partial charge in [0.1, 0.15) is 11.6 Å². The maximum Gasteiger partial charge on any atom is 0.129 e. The molecule has 0 spiro atoms. The highest BCUT2D eigenvalue weighted by Crippen LogP contribution is 2.38. The van der Waals surface area contributed by atoms with Crippen molar-refractivity contribution in [2.24, 2.45) is 11.8 Å². The summed E-state index contributed by atoms with van der Waals surface area (Å²) in [4.78, 5) is 0. The molecule has 4 heteroatoms. The summed E-state index contributed by atoms with van der Waals surface area (Å²) in [5.74, 6) is -0.668. The fourth-order valence-electron chi connectivity index (χ4n) is 2.98. The van der Waals surface area contributed by atoms with Crippen molar-refractivity contribution in [3.63, 3.8) is 0 Å². The van der Waals surface area contributed by atoms with E-state index in [0.717, 1.165) is 0 Å². The van der Waals surface area contributed by atoms with Gasteiger partial charge in [0.2, 0.25) is 0 Å². The first-order valence-electron chi connectivity index (χ1n) is 6.64. The fraction of sp³-hybridized carbons (Fsp3) is 0.600. The molecule has 1 aliphatic rings. The van der Waals surface area contributed by atoms with Crippen molar-refractivity contribution in [3.05, 3.63) is 35.4 Å². The summed E-state index contributed by atoms with van der Waals surface area (Å²) in [5, 5.41) is -0.332. The molecule has 0 aromatic heterocycles. The van der Waals surface area contributed by atoms with E-state index in [0.29, 0.717) is 0 Å². The summed E-state index contributed by atoms with van der Waals surface area (Å²) in [7, 11) is 0. The van der Waals surface area contributed by atoms with Gasteiger partial charge < -0.3 is 4.74 Å². The number of benzene rings is 1. The van der Waals surface area contributed by atoms with Crippen LogP contribution in [0, 0.1) is 23.5 Å². The molecule has 1 aliphatic heterocycles. The van der Waals surface area contributed by atoms with E-state index >= 15 is 0 Å². The van der Waals surface area contributed by atoms with Crippen LogP contribution in [-0.2, 0) is 11.2 Å². The van der Waals surface area contributed by atoms with Crippen LogP contribution in [-0.4, -0.2) is 17.6 Å². The summed E-state index contributed by atoms with van der Waals surface area (Å²) < 4.78 is 33.0. The normalized spacial score (nSPS) is 32.5. The maximum atomic E-state index is 13.6. The van der Waals surface area contributed by atoms with Gasteiger partial charge in [-0.1, -0.05) is 13.0 Å². The van der Waals surface area contributed by atoms with Gasteiger partial charge in [-0.3, -0.25) is 0 Å². The quantitative estimate of drug-likeness (QED) is 0.759. The Labute approximate surface area is 117 Å². The molecule has 1 aromatic carbocycles. The molecule has 19 heavy (non-hydrogen) atoms. The number of halogens is 3. The number of rotatable bonds is 3. The van der Waals surface area contributed by atoms with E-state index < -0.39 is 11.6 Å². The zero-order valence-electron chi connectivity index (χ0n) is 11.4. The molecule has 1 saturated heterocycles. The molecule has 0 saturated carbocycles. The predicted octanol–water partition coefficient (Wildman–Crippen LogP) is 4.17. The molecule has 0 radical (unpaired) electrons. The third kappa shape index (κ3) is 2.92. The average Bonchev–Trinajstić information content (AvgIpc) is 2.58. The van der Waals surface area contributed by atoms with E-state index in [-0.39, 0.29) is 41.4 Å². The highest BCUT2D eigenvalue weighted by molar-refractivity contribution is 6.21. The second-order valence-corrected chi connectivity index (χ2v) is 5.96. The fourth-order valence-corrected chi connectivity index (χ4v) is 3.56. The van der Waals surface area contributed by atoms with Crippen molar-refractivity contribution in [1.82, 2.24) is 0 Å². The van der Waals surface area contributed by atoms with E-state index in [9.17, 15) is 8.78 Å². The molecule has 0 bridgehead atoms. The number of alkyl halides is 1. The Morgan fingerprint density at radius 3 is 2.21 bits per heavy atom. The second kappa shape index (κ2) is 5.76. The molecule has 1 heterocycles. The predicted molar refractivity (Wildman–Crippen MR) is 72.4 cm³/mol. The first-order valence-corrected chi connectivity index (χ1v) is 7.08. The van der Waals surface area contributed by atoms with Gasteiger partial charge in [0.05, 0.1) is 12.2 Å². The van der Waals surface area contributed by atoms with Gasteiger partial charge in [0, 0.05) is 16.9 Å². The summed E-state index contributed by atoms with van der Waals surface area (Å²) in [6.07, 6.45) is 0.337. The average molecular weight is 289 g/mol. The lowest BCUT2D eigenvalue weighted by atomic mass is 9.84. The molecular formula is C15H19ClF2O. The highest BCUT2D eigenvalue weighted by atomic mass is 35.5. The lowest BCUT2D eigenvalue weighted by Crippen LogP contribution is -2.29. The number of hydrogen-bond donors (Lipinski definition) is 0. The largest absolute Gasteiger partial charge is 0.375 e. The van der Waals surface area contributed by atoms with Crippen molar-refractivity contribution in [3.8, 4) is 0 Å². The van der Waals surface area contributed by atoms with E-state index in [4.69, 9.17) is 16.3 Å². The highest BCUT2D eigenvalue weighted by Gasteiger charge is 2.41. The van der Waals surface area contributed by atoms with Crippen molar-refractivity contribution in [2.45, 2.75) is 44.8 Å². The molecule has 0 aliphatic carbocycles. The molecule has 0 amide bonds. The number of hydrogen-bond acceptors (Lipinski definition) is 1. The van der Waals surface area contributed by atoms with Crippen molar-refractivity contribution >= 4 is 11.6 Å². The Morgan fingerprint density at radius 1 is 1.16 bits per heavy atom. The van der Waals surface area contributed by atoms with E-state index in [1.165, 1.54) is 18.2 Å². The van der Waals surface area contributed by atoms with Crippen LogP contribution in [0.5, 0.6) is 0 Å². The molecule has 1 aromatic rings. The summed E-state index contributed by atoms with van der Waals surface area (Å²) in [6.45, 7) is 6.05. The molecule has 0 N–H and O–H groups in total. The molecular weight excluding hydrogens is 270 g/mol. The third-order valence-electron chi connectivity index (χ3n) is 4.20. The minimum absolute atomic E-state index is 0.0161. The Balaban J connectivity index is 2.15. The van der Waals surface area contributed by atoms with Gasteiger partial charge in [-0.2, -0.15) is 0 Å². The molecule has 1 nitrogen and oxygen atoms in total. The first kappa shape index (κ1) is 14.7. The Hall–Kier alpha value is -0.670. The van der Waals surface area contributed by atoms with E-state index in [2.05, 4.69) is 6.92 Å². The first-order chi connectivity index (χ1) is 8.91. The monoisotopic (exact) mass is 288 g/mol. The van der Waals surface area contributed by atoms with Crippen LogP contribution >= 0.6 is 11.6 Å². The van der Waals surface area contributed by atoms with Crippen molar-refractivity contribution in [2.75, 3.05) is 0 Å². The molecule has 5 unspecified atom stereocenters. The Morgan fingerprint density at radius 2 is 1.74 bits per heavy atom. The van der Waals surface area contributed by atoms with Gasteiger partial charge >= 0.3 is 0 Å². The Bertz CT molecular complexity index is 432. The zero-order chi connectivity index (χ0) is 14.2. The van der Waals surface area contributed by atoms with Crippen molar-refractivity contribution < 1.29 is 13.5 Å². The zero-order valence-corrected chi connectivity index (χ0v) is 12.1. The van der Waals surface area contributed by atoms with Gasteiger partial charge in [0.25, 0.3) is 0 Å². The minimum Gasteiger partial charge on any atom is -0.375 e. The molecule has 106 valence electrons.